The molecule has 0 atom stereocenters. The van der Waals surface area contributed by atoms with Gasteiger partial charge >= 0.3 is 0 Å². The van der Waals surface area contributed by atoms with Crippen molar-refractivity contribution in [3.63, 3.8) is 0 Å². The maximum atomic E-state index is 12.3. The average molecular weight is 358 g/mol. The van der Waals surface area contributed by atoms with E-state index >= 15 is 0 Å². The minimum atomic E-state index is 0.0242. The lowest BCUT2D eigenvalue weighted by Crippen LogP contribution is -2.05. The molecule has 98 valence electrons. The second-order valence-electron chi connectivity index (χ2n) is 4.32. The smallest absolute Gasteiger partial charge is 0.168 e. The van der Waals surface area contributed by atoms with Crippen molar-refractivity contribution < 1.29 is 4.79 Å². The van der Waals surface area contributed by atoms with Gasteiger partial charge in [-0.25, -0.2) is 0 Å². The highest BCUT2D eigenvalue weighted by molar-refractivity contribution is 9.10. The van der Waals surface area contributed by atoms with Gasteiger partial charge in [0.15, 0.2) is 5.78 Å². The zero-order valence-corrected chi connectivity index (χ0v) is 13.3. The van der Waals surface area contributed by atoms with Crippen LogP contribution in [0.15, 0.2) is 40.9 Å². The van der Waals surface area contributed by atoms with Crippen LogP contribution >= 0.6 is 39.1 Å². The monoisotopic (exact) mass is 356 g/mol. The molecule has 0 aliphatic heterocycles. The summed E-state index contributed by atoms with van der Waals surface area (Å²) in [7, 11) is 0. The summed E-state index contributed by atoms with van der Waals surface area (Å²) in [5.41, 5.74) is 2.55. The minimum Gasteiger partial charge on any atom is -0.294 e. The number of ketones is 1. The normalized spacial score (nSPS) is 10.5. The first-order valence-corrected chi connectivity index (χ1v) is 7.25. The Labute approximate surface area is 130 Å². The van der Waals surface area contributed by atoms with E-state index in [1.54, 1.807) is 18.2 Å². The predicted octanol–water partition coefficient (Wildman–Crippen LogP) is 5.49. The molecule has 0 amide bonds. The number of hydrogen-bond donors (Lipinski definition) is 0. The zero-order chi connectivity index (χ0) is 14.0. The average Bonchev–Trinajstić information content (AvgIpc) is 2.32. The van der Waals surface area contributed by atoms with E-state index in [1.165, 1.54) is 0 Å². The molecule has 0 aliphatic rings. The molecule has 0 bridgehead atoms. The molecular weight excluding hydrogens is 347 g/mol. The van der Waals surface area contributed by atoms with Gasteiger partial charge in [0.05, 0.1) is 0 Å². The maximum Gasteiger partial charge on any atom is 0.168 e. The van der Waals surface area contributed by atoms with Gasteiger partial charge in [-0.15, -0.1) is 0 Å². The van der Waals surface area contributed by atoms with Crippen molar-refractivity contribution >= 4 is 44.9 Å². The van der Waals surface area contributed by atoms with Crippen molar-refractivity contribution in [2.45, 2.75) is 13.3 Å². The first-order valence-electron chi connectivity index (χ1n) is 5.70. The standard InChI is InChI=1S/C15H11BrCl2O/c1-9-2-5-12(13(16)6-9)15(19)7-10-3-4-11(17)8-14(10)18/h2-6,8H,7H2,1H3. The van der Waals surface area contributed by atoms with Crippen LogP contribution in [0.2, 0.25) is 10.0 Å². The van der Waals surface area contributed by atoms with Gasteiger partial charge in [0.1, 0.15) is 0 Å². The number of carbonyl (C=O) groups excluding carboxylic acids is 1. The summed E-state index contributed by atoms with van der Waals surface area (Å²) < 4.78 is 0.808. The van der Waals surface area contributed by atoms with E-state index in [0.717, 1.165) is 15.6 Å². The van der Waals surface area contributed by atoms with Crippen LogP contribution in [-0.2, 0) is 6.42 Å². The molecule has 19 heavy (non-hydrogen) atoms. The molecule has 2 rings (SSSR count). The van der Waals surface area contributed by atoms with Crippen LogP contribution in [-0.4, -0.2) is 5.78 Å². The molecule has 1 nitrogen and oxygen atoms in total. The van der Waals surface area contributed by atoms with Crippen molar-refractivity contribution in [2.24, 2.45) is 0 Å². The number of halogens is 3. The SMILES string of the molecule is Cc1ccc(C(=O)Cc2ccc(Cl)cc2Cl)c(Br)c1. The van der Waals surface area contributed by atoms with Crippen LogP contribution in [0.4, 0.5) is 0 Å². The van der Waals surface area contributed by atoms with E-state index in [9.17, 15) is 4.79 Å². The molecule has 2 aromatic carbocycles. The molecular formula is C15H11BrCl2O. The maximum absolute atomic E-state index is 12.3. The fourth-order valence-corrected chi connectivity index (χ4v) is 2.97. The van der Waals surface area contributed by atoms with Crippen LogP contribution < -0.4 is 0 Å². The number of hydrogen-bond acceptors (Lipinski definition) is 1. The molecule has 0 spiro atoms. The molecule has 0 heterocycles. The van der Waals surface area contributed by atoms with Gasteiger partial charge in [-0.2, -0.15) is 0 Å². The summed E-state index contributed by atoms with van der Waals surface area (Å²) in [5, 5.41) is 1.08. The summed E-state index contributed by atoms with van der Waals surface area (Å²) in [4.78, 5) is 12.3. The summed E-state index contributed by atoms with van der Waals surface area (Å²) in [6.07, 6.45) is 0.262. The third kappa shape index (κ3) is 3.59. The van der Waals surface area contributed by atoms with Gasteiger partial charge in [0, 0.05) is 26.5 Å². The van der Waals surface area contributed by atoms with E-state index in [0.29, 0.717) is 15.6 Å². The minimum absolute atomic E-state index is 0.0242. The molecule has 0 saturated heterocycles. The lowest BCUT2D eigenvalue weighted by Gasteiger charge is -2.07. The van der Waals surface area contributed by atoms with Crippen LogP contribution in [0.5, 0.6) is 0 Å². The van der Waals surface area contributed by atoms with E-state index < -0.39 is 0 Å². The second kappa shape index (κ2) is 6.08. The van der Waals surface area contributed by atoms with Gasteiger partial charge in [-0.05, 0) is 42.3 Å². The van der Waals surface area contributed by atoms with Gasteiger partial charge in [0.2, 0.25) is 0 Å². The third-order valence-corrected chi connectivity index (χ3v) is 4.03. The van der Waals surface area contributed by atoms with Crippen LogP contribution in [0.3, 0.4) is 0 Å². The summed E-state index contributed by atoms with van der Waals surface area (Å²) in [6, 6.07) is 10.8. The summed E-state index contributed by atoms with van der Waals surface area (Å²) >= 11 is 15.3. The number of benzene rings is 2. The Morgan fingerprint density at radius 1 is 1.16 bits per heavy atom. The highest BCUT2D eigenvalue weighted by Gasteiger charge is 2.13. The van der Waals surface area contributed by atoms with Gasteiger partial charge in [0.25, 0.3) is 0 Å². The molecule has 0 saturated carbocycles. The van der Waals surface area contributed by atoms with Crippen molar-refractivity contribution in [3.05, 3.63) is 67.6 Å². The highest BCUT2D eigenvalue weighted by Crippen LogP contribution is 2.24. The van der Waals surface area contributed by atoms with Crippen LogP contribution in [0.25, 0.3) is 0 Å². The van der Waals surface area contributed by atoms with Crippen LogP contribution in [0.1, 0.15) is 21.5 Å². The van der Waals surface area contributed by atoms with Gasteiger partial charge in [-0.1, -0.05) is 51.3 Å². The molecule has 0 N–H and O–H groups in total. The second-order valence-corrected chi connectivity index (χ2v) is 6.02. The molecule has 0 unspecified atom stereocenters. The molecule has 0 aromatic heterocycles. The predicted molar refractivity (Wildman–Crippen MR) is 83.4 cm³/mol. The topological polar surface area (TPSA) is 17.1 Å². The summed E-state index contributed by atoms with van der Waals surface area (Å²) in [5.74, 6) is 0.0242. The molecule has 2 aromatic rings. The van der Waals surface area contributed by atoms with Crippen molar-refractivity contribution in [1.29, 1.82) is 0 Å². The highest BCUT2D eigenvalue weighted by atomic mass is 79.9. The first-order chi connectivity index (χ1) is 8.97. The Morgan fingerprint density at radius 3 is 2.53 bits per heavy atom. The Kier molecular flexibility index (Phi) is 4.67. The van der Waals surface area contributed by atoms with E-state index in [1.807, 2.05) is 25.1 Å². The molecule has 0 aliphatic carbocycles. The van der Waals surface area contributed by atoms with Gasteiger partial charge in [-0.3, -0.25) is 4.79 Å². The Bertz CT molecular complexity index is 638. The van der Waals surface area contributed by atoms with Crippen molar-refractivity contribution in [3.8, 4) is 0 Å². The Morgan fingerprint density at radius 2 is 1.89 bits per heavy atom. The fraction of sp³-hybridized carbons (Fsp3) is 0.133. The fourth-order valence-electron chi connectivity index (χ4n) is 1.78. The quantitative estimate of drug-likeness (QED) is 0.664. The van der Waals surface area contributed by atoms with Crippen LogP contribution in [0, 0.1) is 6.92 Å². The van der Waals surface area contributed by atoms with Gasteiger partial charge < -0.3 is 0 Å². The van der Waals surface area contributed by atoms with E-state index in [2.05, 4.69) is 15.9 Å². The Hall–Kier alpha value is -0.830. The zero-order valence-electron chi connectivity index (χ0n) is 10.2. The molecule has 4 heteroatoms. The number of Topliss-reactive ketones (excluding diaryl/α,β-unsaturated/α-hetero) is 1. The molecule has 0 radical (unpaired) electrons. The number of rotatable bonds is 3. The lowest BCUT2D eigenvalue weighted by atomic mass is 10.0. The lowest BCUT2D eigenvalue weighted by molar-refractivity contribution is 0.0992. The molecule has 0 fully saturated rings. The number of aryl methyl sites for hydroxylation is 1. The Balaban J connectivity index is 2.25. The number of carbonyl (C=O) groups is 1. The summed E-state index contributed by atoms with van der Waals surface area (Å²) in [6.45, 7) is 1.98. The first kappa shape index (κ1) is 14.6. The van der Waals surface area contributed by atoms with Crippen molar-refractivity contribution in [1.82, 2.24) is 0 Å². The third-order valence-electron chi connectivity index (χ3n) is 2.79. The van der Waals surface area contributed by atoms with Crippen molar-refractivity contribution in [2.75, 3.05) is 0 Å². The van der Waals surface area contributed by atoms with E-state index in [-0.39, 0.29) is 12.2 Å². The largest absolute Gasteiger partial charge is 0.294 e. The van der Waals surface area contributed by atoms with E-state index in [4.69, 9.17) is 23.2 Å².